The number of amides is 1. The van der Waals surface area contributed by atoms with Gasteiger partial charge in [-0.25, -0.2) is 0 Å². The molecule has 1 amide bonds. The molecule has 0 unspecified atom stereocenters. The van der Waals surface area contributed by atoms with Crippen molar-refractivity contribution >= 4 is 5.91 Å². The van der Waals surface area contributed by atoms with Crippen LogP contribution < -0.4 is 5.32 Å². The fourth-order valence-electron chi connectivity index (χ4n) is 0.757. The van der Waals surface area contributed by atoms with Gasteiger partial charge in [-0.15, -0.1) is 0 Å². The lowest BCUT2D eigenvalue weighted by atomic mass is 10.1. The largest absolute Gasteiger partial charge is 0.356 e. The predicted molar refractivity (Wildman–Crippen MR) is 31.4 cm³/mol. The molecule has 1 heterocycles. The van der Waals surface area contributed by atoms with E-state index < -0.39 is 0 Å². The van der Waals surface area contributed by atoms with Gasteiger partial charge < -0.3 is 5.32 Å². The molecule has 1 aliphatic rings. The van der Waals surface area contributed by atoms with E-state index in [-0.39, 0.29) is 5.91 Å². The molecule has 2 nitrogen and oxygen atoms in total. The Hall–Kier alpha value is -0.790. The lowest BCUT2D eigenvalue weighted by molar-refractivity contribution is -0.121. The minimum absolute atomic E-state index is 0.112. The molecule has 0 aromatic rings. The van der Waals surface area contributed by atoms with E-state index in [1.54, 1.807) is 0 Å². The number of hydrogen-bond acceptors (Lipinski definition) is 1. The Morgan fingerprint density at radius 3 is 2.75 bits per heavy atom. The van der Waals surface area contributed by atoms with Crippen LogP contribution in [-0.4, -0.2) is 12.5 Å². The van der Waals surface area contributed by atoms with Crippen molar-refractivity contribution in [3.63, 3.8) is 0 Å². The van der Waals surface area contributed by atoms with Gasteiger partial charge in [-0.2, -0.15) is 0 Å². The van der Waals surface area contributed by atoms with Crippen LogP contribution in [0.5, 0.6) is 0 Å². The average molecular weight is 111 g/mol. The summed E-state index contributed by atoms with van der Waals surface area (Å²) in [7, 11) is 0. The van der Waals surface area contributed by atoms with Crippen molar-refractivity contribution < 1.29 is 4.79 Å². The molecule has 44 valence electrons. The molecule has 0 aliphatic carbocycles. The Balaban J connectivity index is 2.45. The topological polar surface area (TPSA) is 29.1 Å². The van der Waals surface area contributed by atoms with Crippen LogP contribution in [0.2, 0.25) is 0 Å². The van der Waals surface area contributed by atoms with Crippen LogP contribution in [0.3, 0.4) is 0 Å². The first-order valence-corrected chi connectivity index (χ1v) is 2.72. The van der Waals surface area contributed by atoms with E-state index in [0.717, 1.165) is 18.5 Å². The van der Waals surface area contributed by atoms with Crippen LogP contribution in [-0.2, 0) is 4.79 Å². The summed E-state index contributed by atoms with van der Waals surface area (Å²) in [6.07, 6.45) is 1.48. The molecule has 1 rings (SSSR count). The zero-order valence-electron chi connectivity index (χ0n) is 4.74. The molecule has 0 bridgehead atoms. The highest BCUT2D eigenvalue weighted by Crippen LogP contribution is 2.06. The summed E-state index contributed by atoms with van der Waals surface area (Å²) in [4.78, 5) is 10.5. The van der Waals surface area contributed by atoms with Crippen molar-refractivity contribution in [2.75, 3.05) is 6.54 Å². The first-order chi connectivity index (χ1) is 3.79. The molecule has 0 aromatic heterocycles. The summed E-state index contributed by atoms with van der Waals surface area (Å²) in [6, 6.07) is 0. The van der Waals surface area contributed by atoms with Gasteiger partial charge in [0, 0.05) is 13.0 Å². The molecular weight excluding hydrogens is 102 g/mol. The standard InChI is InChI=1S/C6H9NO/c1-5-2-3-7-6(8)4-5/h1-4H2,(H,7,8). The summed E-state index contributed by atoms with van der Waals surface area (Å²) in [5.41, 5.74) is 1.05. The Morgan fingerprint density at radius 1 is 1.62 bits per heavy atom. The van der Waals surface area contributed by atoms with Gasteiger partial charge in [-0.1, -0.05) is 12.2 Å². The molecular formula is C6H9NO. The number of nitrogens with one attached hydrogen (secondary N) is 1. The molecule has 1 saturated heterocycles. The molecule has 2 heteroatoms. The Morgan fingerprint density at radius 2 is 2.38 bits per heavy atom. The second-order valence-electron chi connectivity index (χ2n) is 2.03. The van der Waals surface area contributed by atoms with Crippen LogP contribution in [0.15, 0.2) is 12.2 Å². The van der Waals surface area contributed by atoms with Crippen molar-refractivity contribution in [3.8, 4) is 0 Å². The maximum Gasteiger partial charge on any atom is 0.224 e. The number of carbonyl (C=O) groups excluding carboxylic acids is 1. The summed E-state index contributed by atoms with van der Waals surface area (Å²) >= 11 is 0. The highest BCUT2D eigenvalue weighted by molar-refractivity contribution is 5.79. The van der Waals surface area contributed by atoms with E-state index in [0.29, 0.717) is 6.42 Å². The van der Waals surface area contributed by atoms with E-state index in [1.165, 1.54) is 0 Å². The van der Waals surface area contributed by atoms with E-state index in [4.69, 9.17) is 0 Å². The number of carbonyl (C=O) groups is 1. The fourth-order valence-corrected chi connectivity index (χ4v) is 0.757. The van der Waals surface area contributed by atoms with Crippen molar-refractivity contribution in [1.82, 2.24) is 5.32 Å². The number of hydrogen-bond donors (Lipinski definition) is 1. The van der Waals surface area contributed by atoms with Crippen molar-refractivity contribution in [1.29, 1.82) is 0 Å². The van der Waals surface area contributed by atoms with E-state index in [1.807, 2.05) is 0 Å². The van der Waals surface area contributed by atoms with Crippen molar-refractivity contribution in [2.24, 2.45) is 0 Å². The summed E-state index contributed by atoms with van der Waals surface area (Å²) in [5, 5.41) is 2.71. The zero-order valence-corrected chi connectivity index (χ0v) is 4.74. The van der Waals surface area contributed by atoms with Crippen LogP contribution in [0.25, 0.3) is 0 Å². The Labute approximate surface area is 48.6 Å². The van der Waals surface area contributed by atoms with Gasteiger partial charge >= 0.3 is 0 Å². The molecule has 1 N–H and O–H groups in total. The lowest BCUT2D eigenvalue weighted by Gasteiger charge is -2.12. The lowest BCUT2D eigenvalue weighted by Crippen LogP contribution is -2.29. The molecule has 0 aromatic carbocycles. The highest BCUT2D eigenvalue weighted by atomic mass is 16.1. The third-order valence-corrected chi connectivity index (χ3v) is 1.21. The second kappa shape index (κ2) is 1.99. The number of rotatable bonds is 0. The highest BCUT2D eigenvalue weighted by Gasteiger charge is 2.08. The minimum Gasteiger partial charge on any atom is -0.356 e. The third-order valence-electron chi connectivity index (χ3n) is 1.21. The SMILES string of the molecule is C=C1CCNC(=O)C1. The Kier molecular flexibility index (Phi) is 1.33. The monoisotopic (exact) mass is 111 g/mol. The van der Waals surface area contributed by atoms with Gasteiger partial charge in [-0.05, 0) is 6.42 Å². The molecule has 0 spiro atoms. The quantitative estimate of drug-likeness (QED) is 0.452. The first kappa shape index (κ1) is 5.35. The molecule has 1 fully saturated rings. The summed E-state index contributed by atoms with van der Waals surface area (Å²) in [6.45, 7) is 4.48. The normalized spacial score (nSPS) is 20.5. The fraction of sp³-hybridized carbons (Fsp3) is 0.500. The first-order valence-electron chi connectivity index (χ1n) is 2.72. The average Bonchev–Trinajstić information content (AvgIpc) is 1.64. The minimum atomic E-state index is 0.112. The van der Waals surface area contributed by atoms with Gasteiger partial charge in [0.2, 0.25) is 5.91 Å². The third kappa shape index (κ3) is 1.09. The smallest absolute Gasteiger partial charge is 0.224 e. The predicted octanol–water partition coefficient (Wildman–Crippen LogP) is 0.453. The maximum atomic E-state index is 10.5. The van der Waals surface area contributed by atoms with Crippen molar-refractivity contribution in [3.05, 3.63) is 12.2 Å². The van der Waals surface area contributed by atoms with Crippen LogP contribution >= 0.6 is 0 Å². The zero-order chi connectivity index (χ0) is 5.98. The van der Waals surface area contributed by atoms with E-state index >= 15 is 0 Å². The number of piperidine rings is 1. The van der Waals surface area contributed by atoms with Crippen LogP contribution in [0.1, 0.15) is 12.8 Å². The van der Waals surface area contributed by atoms with E-state index in [2.05, 4.69) is 11.9 Å². The van der Waals surface area contributed by atoms with Gasteiger partial charge in [0.05, 0.1) is 0 Å². The molecule has 0 atom stereocenters. The molecule has 8 heavy (non-hydrogen) atoms. The van der Waals surface area contributed by atoms with Gasteiger partial charge in [0.15, 0.2) is 0 Å². The van der Waals surface area contributed by atoms with E-state index in [9.17, 15) is 4.79 Å². The Bertz CT molecular complexity index is 114. The molecule has 1 aliphatic heterocycles. The molecule has 0 saturated carbocycles. The van der Waals surface area contributed by atoms with Gasteiger partial charge in [-0.3, -0.25) is 4.79 Å². The summed E-state index contributed by atoms with van der Waals surface area (Å²) < 4.78 is 0. The van der Waals surface area contributed by atoms with Crippen molar-refractivity contribution in [2.45, 2.75) is 12.8 Å². The second-order valence-corrected chi connectivity index (χ2v) is 2.03. The van der Waals surface area contributed by atoms with Gasteiger partial charge in [0.1, 0.15) is 0 Å². The van der Waals surface area contributed by atoms with Crippen LogP contribution in [0, 0.1) is 0 Å². The summed E-state index contributed by atoms with van der Waals surface area (Å²) in [5.74, 6) is 0.112. The van der Waals surface area contributed by atoms with Gasteiger partial charge in [0.25, 0.3) is 0 Å². The van der Waals surface area contributed by atoms with Crippen LogP contribution in [0.4, 0.5) is 0 Å². The maximum absolute atomic E-state index is 10.5. The molecule has 0 radical (unpaired) electrons.